The number of rotatable bonds is 1. The van der Waals surface area contributed by atoms with E-state index >= 15 is 0 Å². The number of imidazole rings is 1. The van der Waals surface area contributed by atoms with E-state index in [9.17, 15) is 8.78 Å². The lowest BCUT2D eigenvalue weighted by molar-refractivity contribution is 0.385. The number of fused-ring (bicyclic) bond motifs is 1. The average Bonchev–Trinajstić information content (AvgIpc) is 2.55. The van der Waals surface area contributed by atoms with E-state index in [1.165, 1.54) is 13.2 Å². The fraction of sp³-hybridized carbons (Fsp3) is 0.125. The zero-order valence-corrected chi connectivity index (χ0v) is 6.77. The van der Waals surface area contributed by atoms with Crippen LogP contribution in [0.3, 0.4) is 0 Å². The lowest BCUT2D eigenvalue weighted by Gasteiger charge is -1.90. The molecule has 0 aliphatic carbocycles. The Morgan fingerprint density at radius 2 is 2.15 bits per heavy atom. The third-order valence-electron chi connectivity index (χ3n) is 1.72. The molecule has 3 nitrogen and oxygen atoms in total. The molecule has 0 spiro atoms. The van der Waals surface area contributed by atoms with Gasteiger partial charge in [-0.3, -0.25) is 0 Å². The Morgan fingerprint density at radius 1 is 1.38 bits per heavy atom. The summed E-state index contributed by atoms with van der Waals surface area (Å²) in [4.78, 5) is 6.37. The molecule has 0 atom stereocenters. The van der Waals surface area contributed by atoms with Crippen molar-refractivity contribution in [1.29, 1.82) is 0 Å². The Kier molecular flexibility index (Phi) is 1.65. The molecule has 1 N–H and O–H groups in total. The van der Waals surface area contributed by atoms with Crippen LogP contribution in [0, 0.1) is 11.6 Å². The highest BCUT2D eigenvalue weighted by Gasteiger charge is 2.11. The molecule has 1 heterocycles. The molecule has 2 aromatic rings. The maximum atomic E-state index is 13.0. The Balaban J connectivity index is 2.76. The van der Waals surface area contributed by atoms with Crippen molar-refractivity contribution in [3.8, 4) is 6.01 Å². The molecule has 0 fully saturated rings. The Morgan fingerprint density at radius 3 is 2.85 bits per heavy atom. The van der Waals surface area contributed by atoms with Crippen LogP contribution in [-0.4, -0.2) is 17.1 Å². The smallest absolute Gasteiger partial charge is 0.294 e. The number of H-pyrrole nitrogens is 1. The van der Waals surface area contributed by atoms with Gasteiger partial charge in [0, 0.05) is 0 Å². The van der Waals surface area contributed by atoms with E-state index in [1.807, 2.05) is 0 Å². The van der Waals surface area contributed by atoms with Crippen molar-refractivity contribution in [2.24, 2.45) is 0 Å². The quantitative estimate of drug-likeness (QED) is 0.734. The van der Waals surface area contributed by atoms with Crippen molar-refractivity contribution in [2.45, 2.75) is 0 Å². The third kappa shape index (κ3) is 1.12. The topological polar surface area (TPSA) is 37.9 Å². The van der Waals surface area contributed by atoms with E-state index in [-0.39, 0.29) is 11.5 Å². The number of benzene rings is 1. The Hall–Kier alpha value is -1.65. The van der Waals surface area contributed by atoms with E-state index < -0.39 is 11.6 Å². The Labute approximate surface area is 72.4 Å². The largest absolute Gasteiger partial charge is 0.468 e. The van der Waals surface area contributed by atoms with Gasteiger partial charge in [-0.15, -0.1) is 0 Å². The normalized spacial score (nSPS) is 10.7. The zero-order chi connectivity index (χ0) is 9.42. The molecule has 13 heavy (non-hydrogen) atoms. The van der Waals surface area contributed by atoms with Crippen LogP contribution in [-0.2, 0) is 0 Å². The number of hydrogen-bond acceptors (Lipinski definition) is 2. The summed E-state index contributed by atoms with van der Waals surface area (Å²) in [6.07, 6.45) is 0. The molecular weight excluding hydrogens is 178 g/mol. The van der Waals surface area contributed by atoms with Gasteiger partial charge in [-0.1, -0.05) is 0 Å². The summed E-state index contributed by atoms with van der Waals surface area (Å²) in [5.74, 6) is -1.88. The standard InChI is InChI=1S/C8H6F2N2O/c1-13-8-11-5-3-2-4(9)6(10)7(5)12-8/h2-3H,1H3,(H,11,12). The SMILES string of the molecule is COc1nc2c(F)c(F)ccc2[nH]1. The molecule has 5 heteroatoms. The summed E-state index contributed by atoms with van der Waals surface area (Å²) < 4.78 is 30.5. The molecule has 0 saturated heterocycles. The average molecular weight is 184 g/mol. The van der Waals surface area contributed by atoms with Crippen LogP contribution < -0.4 is 4.74 Å². The molecule has 0 unspecified atom stereocenters. The Bertz CT molecular complexity index is 453. The van der Waals surface area contributed by atoms with Crippen molar-refractivity contribution >= 4 is 11.0 Å². The predicted molar refractivity (Wildman–Crippen MR) is 42.6 cm³/mol. The predicted octanol–water partition coefficient (Wildman–Crippen LogP) is 1.85. The van der Waals surface area contributed by atoms with Crippen LogP contribution >= 0.6 is 0 Å². The van der Waals surface area contributed by atoms with E-state index in [0.717, 1.165) is 6.07 Å². The van der Waals surface area contributed by atoms with Gasteiger partial charge in [0.05, 0.1) is 12.6 Å². The minimum Gasteiger partial charge on any atom is -0.468 e. The second-order valence-corrected chi connectivity index (χ2v) is 2.50. The van der Waals surface area contributed by atoms with Gasteiger partial charge < -0.3 is 9.72 Å². The van der Waals surface area contributed by atoms with Crippen molar-refractivity contribution in [3.05, 3.63) is 23.8 Å². The number of nitrogens with one attached hydrogen (secondary N) is 1. The van der Waals surface area contributed by atoms with Crippen molar-refractivity contribution in [1.82, 2.24) is 9.97 Å². The van der Waals surface area contributed by atoms with Crippen LogP contribution in [0.1, 0.15) is 0 Å². The van der Waals surface area contributed by atoms with Crippen molar-refractivity contribution in [2.75, 3.05) is 7.11 Å². The molecule has 0 bridgehead atoms. The maximum Gasteiger partial charge on any atom is 0.294 e. The van der Waals surface area contributed by atoms with Gasteiger partial charge >= 0.3 is 0 Å². The summed E-state index contributed by atoms with van der Waals surface area (Å²) in [6.45, 7) is 0. The molecular formula is C8H6F2N2O. The van der Waals surface area contributed by atoms with Crippen LogP contribution in [0.25, 0.3) is 11.0 Å². The zero-order valence-electron chi connectivity index (χ0n) is 6.77. The van der Waals surface area contributed by atoms with Gasteiger partial charge in [-0.25, -0.2) is 8.78 Å². The lowest BCUT2D eigenvalue weighted by atomic mass is 10.3. The minimum absolute atomic E-state index is 0.0446. The number of aromatic amines is 1. The number of hydrogen-bond donors (Lipinski definition) is 1. The van der Waals surface area contributed by atoms with Crippen LogP contribution in [0.5, 0.6) is 6.01 Å². The first-order chi connectivity index (χ1) is 6.22. The van der Waals surface area contributed by atoms with Gasteiger partial charge in [-0.05, 0) is 12.1 Å². The highest BCUT2D eigenvalue weighted by atomic mass is 19.2. The van der Waals surface area contributed by atoms with E-state index in [2.05, 4.69) is 9.97 Å². The minimum atomic E-state index is -0.961. The monoisotopic (exact) mass is 184 g/mol. The first-order valence-corrected chi connectivity index (χ1v) is 3.60. The first kappa shape index (κ1) is 7.97. The third-order valence-corrected chi connectivity index (χ3v) is 1.72. The highest BCUT2D eigenvalue weighted by molar-refractivity contribution is 5.76. The van der Waals surface area contributed by atoms with Gasteiger partial charge in [0.15, 0.2) is 11.6 Å². The van der Waals surface area contributed by atoms with Gasteiger partial charge in [0.25, 0.3) is 6.01 Å². The van der Waals surface area contributed by atoms with E-state index in [4.69, 9.17) is 4.74 Å². The molecule has 68 valence electrons. The molecule has 0 aliphatic heterocycles. The van der Waals surface area contributed by atoms with E-state index in [1.54, 1.807) is 0 Å². The van der Waals surface area contributed by atoms with Gasteiger partial charge in [0.1, 0.15) is 5.52 Å². The number of nitrogens with zero attached hydrogens (tertiary/aromatic N) is 1. The van der Waals surface area contributed by atoms with Gasteiger partial charge in [-0.2, -0.15) is 4.98 Å². The summed E-state index contributed by atoms with van der Waals surface area (Å²) >= 11 is 0. The number of methoxy groups -OCH3 is 1. The highest BCUT2D eigenvalue weighted by Crippen LogP contribution is 2.20. The van der Waals surface area contributed by atoms with Crippen LogP contribution in [0.2, 0.25) is 0 Å². The van der Waals surface area contributed by atoms with Gasteiger partial charge in [0.2, 0.25) is 0 Å². The molecule has 0 saturated carbocycles. The maximum absolute atomic E-state index is 13.0. The first-order valence-electron chi connectivity index (χ1n) is 3.60. The van der Waals surface area contributed by atoms with Crippen molar-refractivity contribution in [3.63, 3.8) is 0 Å². The molecule has 0 aliphatic rings. The molecule has 1 aromatic heterocycles. The molecule has 2 rings (SSSR count). The van der Waals surface area contributed by atoms with Crippen LogP contribution in [0.15, 0.2) is 12.1 Å². The molecule has 1 aromatic carbocycles. The summed E-state index contributed by atoms with van der Waals surface area (Å²) in [6, 6.07) is 2.61. The number of halogens is 2. The lowest BCUT2D eigenvalue weighted by Crippen LogP contribution is -1.85. The molecule has 0 radical (unpaired) electrons. The second-order valence-electron chi connectivity index (χ2n) is 2.50. The molecule has 0 amide bonds. The fourth-order valence-corrected chi connectivity index (χ4v) is 1.09. The number of ether oxygens (including phenoxy) is 1. The fourth-order valence-electron chi connectivity index (χ4n) is 1.09. The summed E-state index contributed by atoms with van der Waals surface area (Å²) in [5.41, 5.74) is 0.368. The second kappa shape index (κ2) is 2.69. The van der Waals surface area contributed by atoms with Crippen molar-refractivity contribution < 1.29 is 13.5 Å². The summed E-state index contributed by atoms with van der Waals surface area (Å²) in [7, 11) is 1.39. The number of aromatic nitrogens is 2. The van der Waals surface area contributed by atoms with Crippen LogP contribution in [0.4, 0.5) is 8.78 Å². The summed E-state index contributed by atoms with van der Waals surface area (Å²) in [5, 5.41) is 0. The van der Waals surface area contributed by atoms with E-state index in [0.29, 0.717) is 5.52 Å².